The second kappa shape index (κ2) is 8.92. The largest absolute Gasteiger partial charge is 0.462 e. The highest BCUT2D eigenvalue weighted by Gasteiger charge is 2.16. The van der Waals surface area contributed by atoms with Crippen LogP contribution in [-0.2, 0) is 17.6 Å². The second-order valence-electron chi connectivity index (χ2n) is 6.28. The van der Waals surface area contributed by atoms with Crippen LogP contribution in [0.1, 0.15) is 85.6 Å². The molecule has 22 heavy (non-hydrogen) atoms. The molecule has 1 aliphatic carbocycles. The fourth-order valence-corrected chi connectivity index (χ4v) is 3.21. The number of aryl methyl sites for hydroxylation is 3. The zero-order valence-corrected chi connectivity index (χ0v) is 14.1. The third-order valence-electron chi connectivity index (χ3n) is 4.49. The van der Waals surface area contributed by atoms with Gasteiger partial charge in [-0.1, -0.05) is 38.5 Å². The molecule has 0 spiro atoms. The number of hydrogen-bond donors (Lipinski definition) is 0. The molecule has 0 aliphatic heterocycles. The predicted octanol–water partition coefficient (Wildman–Crippen LogP) is 4.79. The predicted molar refractivity (Wildman–Crippen MR) is 89.3 cm³/mol. The maximum Gasteiger partial charge on any atom is 0.339 e. The number of hydrogen-bond acceptors (Lipinski definition) is 3. The van der Waals surface area contributed by atoms with E-state index in [-0.39, 0.29) is 5.97 Å². The first-order chi connectivity index (χ1) is 10.7. The van der Waals surface area contributed by atoms with Crippen molar-refractivity contribution < 1.29 is 9.53 Å². The molecule has 0 fully saturated rings. The van der Waals surface area contributed by atoms with Gasteiger partial charge in [0, 0.05) is 5.69 Å². The molecule has 1 aromatic rings. The zero-order chi connectivity index (χ0) is 15.8. The number of nitrogens with zero attached hydrogens (tertiary/aromatic N) is 1. The van der Waals surface area contributed by atoms with Gasteiger partial charge >= 0.3 is 5.97 Å². The van der Waals surface area contributed by atoms with Crippen LogP contribution in [0.2, 0.25) is 0 Å². The van der Waals surface area contributed by atoms with Crippen LogP contribution in [0.3, 0.4) is 0 Å². The Morgan fingerprint density at radius 2 is 1.64 bits per heavy atom. The number of carbonyl (C=O) groups excluding carboxylic acids is 1. The minimum atomic E-state index is -0.235. The summed E-state index contributed by atoms with van der Waals surface area (Å²) in [4.78, 5) is 16.8. The summed E-state index contributed by atoms with van der Waals surface area (Å²) >= 11 is 0. The molecule has 0 saturated carbocycles. The number of aromatic nitrogens is 1. The van der Waals surface area contributed by atoms with E-state index in [9.17, 15) is 4.79 Å². The zero-order valence-electron chi connectivity index (χ0n) is 14.1. The lowest BCUT2D eigenvalue weighted by molar-refractivity contribution is 0.0524. The molecular weight excluding hydrogens is 274 g/mol. The molecule has 3 nitrogen and oxygen atoms in total. The lowest BCUT2D eigenvalue weighted by atomic mass is 9.96. The molecule has 122 valence electrons. The van der Waals surface area contributed by atoms with Crippen molar-refractivity contribution >= 4 is 5.97 Å². The lowest BCUT2D eigenvalue weighted by Crippen LogP contribution is -2.11. The number of fused-ring (bicyclic) bond motifs is 1. The summed E-state index contributed by atoms with van der Waals surface area (Å²) in [6.07, 6.45) is 12.5. The van der Waals surface area contributed by atoms with Gasteiger partial charge in [0.25, 0.3) is 0 Å². The van der Waals surface area contributed by atoms with Gasteiger partial charge in [0.15, 0.2) is 0 Å². The van der Waals surface area contributed by atoms with Crippen molar-refractivity contribution in [3.8, 4) is 0 Å². The van der Waals surface area contributed by atoms with Gasteiger partial charge in [0.05, 0.1) is 17.9 Å². The van der Waals surface area contributed by atoms with E-state index < -0.39 is 0 Å². The first-order valence-electron chi connectivity index (χ1n) is 8.89. The molecule has 0 amide bonds. The fraction of sp³-hybridized carbons (Fsp3) is 0.684. The van der Waals surface area contributed by atoms with Crippen LogP contribution in [0, 0.1) is 6.92 Å². The molecule has 1 aliphatic rings. The van der Waals surface area contributed by atoms with Gasteiger partial charge in [0.1, 0.15) is 0 Å². The van der Waals surface area contributed by atoms with E-state index in [2.05, 4.69) is 0 Å². The first kappa shape index (κ1) is 17.0. The Bertz CT molecular complexity index is 496. The second-order valence-corrected chi connectivity index (χ2v) is 6.28. The molecule has 0 bridgehead atoms. The molecule has 2 rings (SSSR count). The highest BCUT2D eigenvalue weighted by atomic mass is 16.5. The van der Waals surface area contributed by atoms with Gasteiger partial charge in [-0.25, -0.2) is 4.79 Å². The minimum Gasteiger partial charge on any atom is -0.462 e. The van der Waals surface area contributed by atoms with Crippen LogP contribution in [0.15, 0.2) is 6.07 Å². The minimum absolute atomic E-state index is 0.235. The summed E-state index contributed by atoms with van der Waals surface area (Å²) in [5.41, 5.74) is 3.91. The molecule has 0 unspecified atom stereocenters. The van der Waals surface area contributed by atoms with E-state index in [4.69, 9.17) is 9.72 Å². The first-order valence-corrected chi connectivity index (χ1v) is 8.89. The van der Waals surface area contributed by atoms with Crippen LogP contribution >= 0.6 is 0 Å². The van der Waals surface area contributed by atoms with E-state index in [0.29, 0.717) is 12.2 Å². The third kappa shape index (κ3) is 4.82. The van der Waals surface area contributed by atoms with E-state index in [0.717, 1.165) is 18.5 Å². The maximum atomic E-state index is 12.1. The Balaban J connectivity index is 2.21. The van der Waals surface area contributed by atoms with Gasteiger partial charge in [-0.2, -0.15) is 0 Å². The summed E-state index contributed by atoms with van der Waals surface area (Å²) < 4.78 is 5.16. The number of carbonyl (C=O) groups is 1. The maximum absolute atomic E-state index is 12.1. The molecule has 0 N–H and O–H groups in total. The Kier molecular flexibility index (Phi) is 6.88. The molecular formula is C19H29NO2. The average molecular weight is 303 g/mol. The van der Waals surface area contributed by atoms with Crippen molar-refractivity contribution in [2.45, 2.75) is 78.1 Å². The van der Waals surface area contributed by atoms with Crippen molar-refractivity contribution in [1.29, 1.82) is 0 Å². The van der Waals surface area contributed by atoms with Crippen molar-refractivity contribution in [2.75, 3.05) is 6.61 Å². The van der Waals surface area contributed by atoms with Crippen LogP contribution in [0.5, 0.6) is 0 Å². The Morgan fingerprint density at radius 3 is 2.27 bits per heavy atom. The molecule has 0 saturated heterocycles. The molecule has 3 heteroatoms. The number of rotatable bonds is 2. The van der Waals surface area contributed by atoms with Gasteiger partial charge in [-0.3, -0.25) is 4.98 Å². The Morgan fingerprint density at radius 1 is 1.05 bits per heavy atom. The number of esters is 1. The average Bonchev–Trinajstić information content (AvgIpc) is 2.49. The third-order valence-corrected chi connectivity index (χ3v) is 4.49. The number of pyridine rings is 1. The number of ether oxygens (including phenoxy) is 1. The van der Waals surface area contributed by atoms with E-state index in [1.54, 1.807) is 0 Å². The Labute approximate surface area is 134 Å². The Hall–Kier alpha value is -1.38. The van der Waals surface area contributed by atoms with Gasteiger partial charge in [-0.15, -0.1) is 0 Å². The van der Waals surface area contributed by atoms with Crippen molar-refractivity contribution in [2.24, 2.45) is 0 Å². The standard InChI is InChI=1S/C19H29NO2/c1-3-22-19(21)17-14-16-12-10-8-6-4-5-7-9-11-13-18(16)20-15(17)2/h14H,3-13H2,1-2H3. The normalized spacial score (nSPS) is 17.0. The molecule has 1 aromatic heterocycles. The van der Waals surface area contributed by atoms with Crippen molar-refractivity contribution in [3.63, 3.8) is 0 Å². The fourth-order valence-electron chi connectivity index (χ4n) is 3.21. The SMILES string of the molecule is CCOC(=O)c1cc2c(nc1C)CCCCCCCCCC2. The highest BCUT2D eigenvalue weighted by molar-refractivity contribution is 5.90. The van der Waals surface area contributed by atoms with E-state index >= 15 is 0 Å². The topological polar surface area (TPSA) is 39.2 Å². The van der Waals surface area contributed by atoms with E-state index in [1.807, 2.05) is 19.9 Å². The van der Waals surface area contributed by atoms with Crippen LogP contribution in [0.4, 0.5) is 0 Å². The van der Waals surface area contributed by atoms with Crippen LogP contribution in [-0.4, -0.2) is 17.6 Å². The van der Waals surface area contributed by atoms with Crippen LogP contribution < -0.4 is 0 Å². The van der Waals surface area contributed by atoms with E-state index in [1.165, 1.54) is 62.6 Å². The smallest absolute Gasteiger partial charge is 0.339 e. The quantitative estimate of drug-likeness (QED) is 0.738. The van der Waals surface area contributed by atoms with Gasteiger partial charge < -0.3 is 4.74 Å². The monoisotopic (exact) mass is 303 g/mol. The molecule has 0 atom stereocenters. The summed E-state index contributed by atoms with van der Waals surface area (Å²) in [6.45, 7) is 4.17. The summed E-state index contributed by atoms with van der Waals surface area (Å²) in [6, 6.07) is 2.04. The molecule has 0 radical (unpaired) electrons. The lowest BCUT2D eigenvalue weighted by Gasteiger charge is -2.14. The van der Waals surface area contributed by atoms with Crippen molar-refractivity contribution in [1.82, 2.24) is 4.98 Å². The van der Waals surface area contributed by atoms with Gasteiger partial charge in [0.2, 0.25) is 0 Å². The van der Waals surface area contributed by atoms with Gasteiger partial charge in [-0.05, 0) is 51.2 Å². The summed E-state index contributed by atoms with van der Waals surface area (Å²) in [7, 11) is 0. The van der Waals surface area contributed by atoms with Crippen LogP contribution in [0.25, 0.3) is 0 Å². The summed E-state index contributed by atoms with van der Waals surface area (Å²) in [5, 5.41) is 0. The van der Waals surface area contributed by atoms with Crippen molar-refractivity contribution in [3.05, 3.63) is 28.6 Å². The summed E-state index contributed by atoms with van der Waals surface area (Å²) in [5.74, 6) is -0.235. The highest BCUT2D eigenvalue weighted by Crippen LogP contribution is 2.21. The molecule has 1 heterocycles. The molecule has 0 aromatic carbocycles.